The topological polar surface area (TPSA) is 77.2 Å². The Labute approximate surface area is 157 Å². The summed E-state index contributed by atoms with van der Waals surface area (Å²) < 4.78 is 15.9. The van der Waals surface area contributed by atoms with E-state index in [-0.39, 0.29) is 18.1 Å². The molecule has 0 radical (unpaired) electrons. The Kier molecular flexibility index (Phi) is 4.49. The maximum Gasteiger partial charge on any atom is 0.364 e. The summed E-state index contributed by atoms with van der Waals surface area (Å²) in [4.78, 5) is 15.9. The van der Waals surface area contributed by atoms with Gasteiger partial charge in [0.25, 0.3) is 0 Å². The summed E-state index contributed by atoms with van der Waals surface area (Å²) in [6, 6.07) is 13.7. The van der Waals surface area contributed by atoms with E-state index < -0.39 is 0 Å². The molecule has 1 aromatic heterocycles. The van der Waals surface area contributed by atoms with Gasteiger partial charge in [-0.3, -0.25) is 0 Å². The number of nitrogens with two attached hydrogens (primary N) is 1. The van der Waals surface area contributed by atoms with Crippen molar-refractivity contribution in [1.29, 1.82) is 0 Å². The van der Waals surface area contributed by atoms with Gasteiger partial charge in [-0.05, 0) is 29.8 Å². The first-order valence-corrected chi connectivity index (χ1v) is 8.90. The number of methoxy groups -OCH3 is 3. The summed E-state index contributed by atoms with van der Waals surface area (Å²) in [6.07, 6.45) is 0.635. The Bertz CT molecular complexity index is 995. The Morgan fingerprint density at radius 3 is 2.59 bits per heavy atom. The highest BCUT2D eigenvalue weighted by molar-refractivity contribution is 5.86. The van der Waals surface area contributed by atoms with Crippen molar-refractivity contribution >= 4 is 16.9 Å². The van der Waals surface area contributed by atoms with Crippen LogP contribution in [0.3, 0.4) is 0 Å². The van der Waals surface area contributed by atoms with Crippen LogP contribution in [0.2, 0.25) is 0 Å². The van der Waals surface area contributed by atoms with Crippen molar-refractivity contribution in [1.82, 2.24) is 4.98 Å². The van der Waals surface area contributed by atoms with E-state index in [1.807, 2.05) is 30.3 Å². The molecule has 0 amide bonds. The third-order valence-corrected chi connectivity index (χ3v) is 5.28. The van der Waals surface area contributed by atoms with Gasteiger partial charge >= 0.3 is 5.97 Å². The standard InChI is InChI=1S/C21H22N2O4/c1-25-17-9-8-12(10-18(17)26-2)19-20-14(11-16(23-19)21(24)27-3)13-6-4-5-7-15(13)22-20/h4-10,16,19,22-23H,11H2,1-3H3/p+1/t16-,19+/m0/s1. The van der Waals surface area contributed by atoms with Crippen molar-refractivity contribution in [3.05, 3.63) is 59.3 Å². The molecule has 140 valence electrons. The molecule has 0 unspecified atom stereocenters. The zero-order valence-electron chi connectivity index (χ0n) is 15.6. The Balaban J connectivity index is 1.86. The van der Waals surface area contributed by atoms with E-state index in [0.717, 1.165) is 22.2 Å². The van der Waals surface area contributed by atoms with Crippen LogP contribution in [-0.2, 0) is 16.0 Å². The number of ether oxygens (including phenoxy) is 3. The largest absolute Gasteiger partial charge is 0.493 e. The number of carbonyl (C=O) groups excluding carboxylic acids is 1. The van der Waals surface area contributed by atoms with Crippen LogP contribution in [0.4, 0.5) is 0 Å². The molecule has 0 aliphatic carbocycles. The van der Waals surface area contributed by atoms with Crippen molar-refractivity contribution in [2.45, 2.75) is 18.5 Å². The van der Waals surface area contributed by atoms with Crippen molar-refractivity contribution < 1.29 is 24.3 Å². The van der Waals surface area contributed by atoms with Crippen LogP contribution in [0.15, 0.2) is 42.5 Å². The molecule has 6 nitrogen and oxygen atoms in total. The Hall–Kier alpha value is -2.99. The number of hydrogen-bond acceptors (Lipinski definition) is 4. The fourth-order valence-corrected chi connectivity index (χ4v) is 3.96. The van der Waals surface area contributed by atoms with Gasteiger partial charge in [0, 0.05) is 22.9 Å². The average Bonchev–Trinajstić information content (AvgIpc) is 3.10. The molecule has 0 saturated heterocycles. The zero-order valence-corrected chi connectivity index (χ0v) is 15.6. The Morgan fingerprint density at radius 2 is 1.85 bits per heavy atom. The number of quaternary nitrogens is 1. The highest BCUT2D eigenvalue weighted by Gasteiger charge is 2.38. The maximum absolute atomic E-state index is 12.3. The van der Waals surface area contributed by atoms with Crippen molar-refractivity contribution in [2.24, 2.45) is 0 Å². The fourth-order valence-electron chi connectivity index (χ4n) is 3.96. The van der Waals surface area contributed by atoms with Crippen molar-refractivity contribution in [3.8, 4) is 11.5 Å². The SMILES string of the molecule is COC(=O)[C@@H]1Cc2c([nH]c3ccccc23)[C@@H](c2ccc(OC)c(OC)c2)[NH2+]1. The van der Waals surface area contributed by atoms with Gasteiger partial charge < -0.3 is 24.5 Å². The smallest absolute Gasteiger partial charge is 0.364 e. The fraction of sp³-hybridized carbons (Fsp3) is 0.286. The van der Waals surface area contributed by atoms with Gasteiger partial charge in [-0.25, -0.2) is 4.79 Å². The number of esters is 1. The van der Waals surface area contributed by atoms with Gasteiger partial charge in [0.05, 0.1) is 27.0 Å². The molecule has 4 rings (SSSR count). The molecule has 2 heterocycles. The van der Waals surface area contributed by atoms with Gasteiger partial charge in [-0.1, -0.05) is 18.2 Å². The molecule has 0 bridgehead atoms. The highest BCUT2D eigenvalue weighted by atomic mass is 16.5. The minimum Gasteiger partial charge on any atom is -0.493 e. The van der Waals surface area contributed by atoms with E-state index in [4.69, 9.17) is 14.2 Å². The minimum absolute atomic E-state index is 0.0648. The third kappa shape index (κ3) is 2.92. The van der Waals surface area contributed by atoms with Crippen LogP contribution >= 0.6 is 0 Å². The van der Waals surface area contributed by atoms with Crippen molar-refractivity contribution in [2.75, 3.05) is 21.3 Å². The maximum atomic E-state index is 12.3. The van der Waals surface area contributed by atoms with E-state index in [2.05, 4.69) is 22.4 Å². The lowest BCUT2D eigenvalue weighted by Gasteiger charge is -2.27. The number of carbonyl (C=O) groups is 1. The predicted molar refractivity (Wildman–Crippen MR) is 101 cm³/mol. The number of nitrogens with one attached hydrogen (secondary N) is 1. The molecular formula is C21H23N2O4+. The van der Waals surface area contributed by atoms with Gasteiger partial charge in [0.2, 0.25) is 0 Å². The minimum atomic E-state index is -0.292. The van der Waals surface area contributed by atoms with E-state index in [1.54, 1.807) is 14.2 Å². The number of benzene rings is 2. The molecule has 2 aromatic carbocycles. The number of hydrogen-bond donors (Lipinski definition) is 2. The molecule has 3 aromatic rings. The number of H-pyrrole nitrogens is 1. The summed E-state index contributed by atoms with van der Waals surface area (Å²) in [6.45, 7) is 0. The van der Waals surface area contributed by atoms with Gasteiger partial charge in [-0.2, -0.15) is 0 Å². The number of aromatic nitrogens is 1. The van der Waals surface area contributed by atoms with Gasteiger partial charge in [0.1, 0.15) is 0 Å². The van der Waals surface area contributed by atoms with Crippen LogP contribution in [-0.4, -0.2) is 38.3 Å². The first kappa shape index (κ1) is 17.4. The summed E-state index contributed by atoms with van der Waals surface area (Å²) in [7, 11) is 4.68. The third-order valence-electron chi connectivity index (χ3n) is 5.28. The van der Waals surface area contributed by atoms with Crippen LogP contribution in [0.5, 0.6) is 11.5 Å². The zero-order chi connectivity index (χ0) is 19.0. The van der Waals surface area contributed by atoms with E-state index in [1.165, 1.54) is 12.7 Å². The average molecular weight is 367 g/mol. The lowest BCUT2D eigenvalue weighted by Crippen LogP contribution is -2.94. The molecule has 3 N–H and O–H groups in total. The Morgan fingerprint density at radius 1 is 1.07 bits per heavy atom. The van der Waals surface area contributed by atoms with E-state index in [0.29, 0.717) is 17.9 Å². The predicted octanol–water partition coefficient (Wildman–Crippen LogP) is 1.94. The second-order valence-electron chi connectivity index (χ2n) is 6.68. The normalized spacial score (nSPS) is 18.8. The first-order valence-electron chi connectivity index (χ1n) is 8.90. The van der Waals surface area contributed by atoms with Crippen LogP contribution in [0, 0.1) is 0 Å². The van der Waals surface area contributed by atoms with E-state index >= 15 is 0 Å². The molecule has 1 aliphatic heterocycles. The van der Waals surface area contributed by atoms with Crippen molar-refractivity contribution in [3.63, 3.8) is 0 Å². The van der Waals surface area contributed by atoms with E-state index in [9.17, 15) is 4.79 Å². The quantitative estimate of drug-likeness (QED) is 0.691. The summed E-state index contributed by atoms with van der Waals surface area (Å²) >= 11 is 0. The first-order chi connectivity index (χ1) is 13.2. The molecule has 27 heavy (non-hydrogen) atoms. The van der Waals surface area contributed by atoms with Crippen LogP contribution in [0.1, 0.15) is 22.9 Å². The van der Waals surface area contributed by atoms with Gasteiger partial charge in [-0.15, -0.1) is 0 Å². The second kappa shape index (κ2) is 6.96. The summed E-state index contributed by atoms with van der Waals surface area (Å²) in [5, 5.41) is 3.21. The number of rotatable bonds is 4. The molecular weight excluding hydrogens is 344 g/mol. The van der Waals surface area contributed by atoms with Crippen LogP contribution in [0.25, 0.3) is 10.9 Å². The molecule has 2 atom stereocenters. The molecule has 0 fully saturated rings. The molecule has 6 heteroatoms. The number of aromatic amines is 1. The number of fused-ring (bicyclic) bond motifs is 3. The summed E-state index contributed by atoms with van der Waals surface area (Å²) in [5.41, 5.74) is 4.40. The number of para-hydroxylation sites is 1. The molecule has 0 spiro atoms. The summed E-state index contributed by atoms with van der Waals surface area (Å²) in [5.74, 6) is 1.14. The monoisotopic (exact) mass is 367 g/mol. The second-order valence-corrected chi connectivity index (χ2v) is 6.68. The lowest BCUT2D eigenvalue weighted by molar-refractivity contribution is -0.712. The molecule has 0 saturated carbocycles. The highest BCUT2D eigenvalue weighted by Crippen LogP contribution is 2.35. The lowest BCUT2D eigenvalue weighted by atomic mass is 9.90. The molecule has 1 aliphatic rings. The van der Waals surface area contributed by atoms with Gasteiger partial charge in [0.15, 0.2) is 23.6 Å². The van der Waals surface area contributed by atoms with Crippen LogP contribution < -0.4 is 14.8 Å².